The number of sulfonamides is 1. The van der Waals surface area contributed by atoms with Gasteiger partial charge in [-0.05, 0) is 55.0 Å². The van der Waals surface area contributed by atoms with E-state index in [-0.39, 0.29) is 22.7 Å². The van der Waals surface area contributed by atoms with Crippen LogP contribution in [0.1, 0.15) is 28.4 Å². The van der Waals surface area contributed by atoms with Crippen LogP contribution in [0, 0.1) is 0 Å². The molecule has 0 aromatic heterocycles. The zero-order chi connectivity index (χ0) is 27.2. The highest BCUT2D eigenvalue weighted by Crippen LogP contribution is 2.31. The smallest absolute Gasteiger partial charge is 0.273 e. The van der Waals surface area contributed by atoms with E-state index in [1.807, 2.05) is 42.5 Å². The number of hydrogen-bond donors (Lipinski definition) is 1. The van der Waals surface area contributed by atoms with Crippen molar-refractivity contribution in [3.63, 3.8) is 0 Å². The van der Waals surface area contributed by atoms with Gasteiger partial charge in [0.25, 0.3) is 15.9 Å². The Balaban J connectivity index is 1.47. The van der Waals surface area contributed by atoms with Crippen LogP contribution in [-0.2, 0) is 16.6 Å². The van der Waals surface area contributed by atoms with Gasteiger partial charge in [-0.3, -0.25) is 9.10 Å². The lowest BCUT2D eigenvalue weighted by Gasteiger charge is -2.26. The molecule has 1 aliphatic rings. The summed E-state index contributed by atoms with van der Waals surface area (Å²) in [6, 6.07) is 29.4. The molecule has 1 amide bonds. The molecule has 1 N–H and O–H groups in total. The van der Waals surface area contributed by atoms with Crippen LogP contribution in [0.2, 0.25) is 0 Å². The van der Waals surface area contributed by atoms with Crippen molar-refractivity contribution in [3.8, 4) is 11.5 Å². The summed E-state index contributed by atoms with van der Waals surface area (Å²) in [7, 11) is -4.00. The van der Waals surface area contributed by atoms with Gasteiger partial charge in [0.15, 0.2) is 11.5 Å². The van der Waals surface area contributed by atoms with Crippen LogP contribution < -0.4 is 19.2 Å². The van der Waals surface area contributed by atoms with E-state index in [2.05, 4.69) is 10.5 Å². The van der Waals surface area contributed by atoms with Crippen molar-refractivity contribution in [1.82, 2.24) is 5.43 Å². The van der Waals surface area contributed by atoms with E-state index in [0.717, 1.165) is 11.1 Å². The van der Waals surface area contributed by atoms with E-state index in [1.54, 1.807) is 55.5 Å². The lowest BCUT2D eigenvalue weighted by Crippen LogP contribution is -2.33. The quantitative estimate of drug-likeness (QED) is 0.250. The zero-order valence-electron chi connectivity index (χ0n) is 21.3. The predicted octanol–water partition coefficient (Wildman–Crippen LogP) is 5.01. The van der Waals surface area contributed by atoms with Gasteiger partial charge in [0.2, 0.25) is 0 Å². The first-order valence-corrected chi connectivity index (χ1v) is 13.8. The summed E-state index contributed by atoms with van der Waals surface area (Å²) < 4.78 is 40.1. The summed E-state index contributed by atoms with van der Waals surface area (Å²) in [6.07, 6.45) is 0. The van der Waals surface area contributed by atoms with E-state index in [1.165, 1.54) is 16.4 Å². The van der Waals surface area contributed by atoms with Gasteiger partial charge in [-0.15, -0.1) is 0 Å². The maximum atomic E-state index is 13.8. The molecule has 0 atom stereocenters. The molecule has 0 spiro atoms. The Morgan fingerprint density at radius 2 is 1.49 bits per heavy atom. The van der Waals surface area contributed by atoms with Crippen LogP contribution in [0.15, 0.2) is 113 Å². The Bertz CT molecular complexity index is 1610. The fourth-order valence-electron chi connectivity index (χ4n) is 4.18. The molecule has 9 heteroatoms. The van der Waals surface area contributed by atoms with Gasteiger partial charge in [0, 0.05) is 5.56 Å². The van der Waals surface area contributed by atoms with E-state index >= 15 is 0 Å². The third-order valence-corrected chi connectivity index (χ3v) is 7.98. The van der Waals surface area contributed by atoms with E-state index in [9.17, 15) is 13.2 Å². The van der Waals surface area contributed by atoms with E-state index in [4.69, 9.17) is 9.47 Å². The van der Waals surface area contributed by atoms with Crippen molar-refractivity contribution >= 4 is 27.3 Å². The molecular formula is C30H27N3O5S. The van der Waals surface area contributed by atoms with E-state index in [0.29, 0.717) is 30.4 Å². The van der Waals surface area contributed by atoms with Crippen molar-refractivity contribution < 1.29 is 22.7 Å². The van der Waals surface area contributed by atoms with Crippen molar-refractivity contribution in [2.75, 3.05) is 17.5 Å². The molecule has 8 nitrogen and oxygen atoms in total. The summed E-state index contributed by atoms with van der Waals surface area (Å²) in [5.41, 5.74) is 5.09. The Morgan fingerprint density at radius 3 is 2.23 bits per heavy atom. The molecule has 198 valence electrons. The minimum absolute atomic E-state index is 0.0435. The number of nitrogens with zero attached hydrogens (tertiary/aromatic N) is 2. The van der Waals surface area contributed by atoms with Gasteiger partial charge in [-0.2, -0.15) is 5.10 Å². The summed E-state index contributed by atoms with van der Waals surface area (Å²) in [6.45, 7) is 2.77. The first kappa shape index (κ1) is 26.0. The molecule has 39 heavy (non-hydrogen) atoms. The van der Waals surface area contributed by atoms with Gasteiger partial charge in [-0.25, -0.2) is 13.8 Å². The number of rotatable bonds is 8. The van der Waals surface area contributed by atoms with Crippen LogP contribution >= 0.6 is 0 Å². The maximum absolute atomic E-state index is 13.8. The highest BCUT2D eigenvalue weighted by Gasteiger charge is 2.28. The Labute approximate surface area is 227 Å². The number of carbonyl (C=O) groups excluding carboxylic acids is 1. The van der Waals surface area contributed by atoms with Crippen molar-refractivity contribution in [3.05, 3.63) is 120 Å². The highest BCUT2D eigenvalue weighted by molar-refractivity contribution is 7.92. The third-order valence-electron chi connectivity index (χ3n) is 6.20. The summed E-state index contributed by atoms with van der Waals surface area (Å²) in [5.74, 6) is 0.741. The molecule has 1 aliphatic heterocycles. The largest absolute Gasteiger partial charge is 0.486 e. The number of ether oxygens (including phenoxy) is 2. The zero-order valence-corrected chi connectivity index (χ0v) is 22.1. The summed E-state index contributed by atoms with van der Waals surface area (Å²) in [4.78, 5) is 13.5. The molecule has 5 rings (SSSR count). The minimum Gasteiger partial charge on any atom is -0.486 e. The predicted molar refractivity (Wildman–Crippen MR) is 150 cm³/mol. The number of hydrazone groups is 1. The maximum Gasteiger partial charge on any atom is 0.273 e. The van der Waals surface area contributed by atoms with Crippen LogP contribution in [0.25, 0.3) is 0 Å². The number of nitrogens with one attached hydrogen (secondary N) is 1. The van der Waals surface area contributed by atoms with Crippen LogP contribution in [0.3, 0.4) is 0 Å². The second-order valence-corrected chi connectivity index (χ2v) is 10.7. The van der Waals surface area contributed by atoms with Crippen molar-refractivity contribution in [1.29, 1.82) is 0 Å². The third kappa shape index (κ3) is 5.78. The molecule has 0 aliphatic carbocycles. The van der Waals surface area contributed by atoms with Crippen molar-refractivity contribution in [2.45, 2.75) is 18.4 Å². The first-order chi connectivity index (χ1) is 18.9. The molecular weight excluding hydrogens is 514 g/mol. The Morgan fingerprint density at radius 1 is 0.846 bits per heavy atom. The summed E-state index contributed by atoms with van der Waals surface area (Å²) in [5, 5.41) is 4.28. The average Bonchev–Trinajstić information content (AvgIpc) is 2.99. The van der Waals surface area contributed by atoms with Gasteiger partial charge >= 0.3 is 0 Å². The number of fused-ring (bicyclic) bond motifs is 1. The van der Waals surface area contributed by atoms with Gasteiger partial charge in [0.1, 0.15) is 13.2 Å². The lowest BCUT2D eigenvalue weighted by molar-refractivity contribution is 0.0955. The number of hydrogen-bond acceptors (Lipinski definition) is 6. The second kappa shape index (κ2) is 11.4. The number of anilines is 1. The Hall–Kier alpha value is -4.63. The SMILES string of the molecule is C/C(=N/NC(=O)c1ccccc1N(Cc1ccccc1)S(=O)(=O)c1ccccc1)c1ccc2c(c1)OCCO2. The fourth-order valence-corrected chi connectivity index (χ4v) is 5.67. The molecule has 4 aromatic carbocycles. The second-order valence-electron chi connectivity index (χ2n) is 8.82. The molecule has 0 saturated carbocycles. The van der Waals surface area contributed by atoms with Gasteiger partial charge < -0.3 is 9.47 Å². The summed E-state index contributed by atoms with van der Waals surface area (Å²) >= 11 is 0. The molecule has 0 bridgehead atoms. The van der Waals surface area contributed by atoms with Crippen LogP contribution in [-0.4, -0.2) is 33.3 Å². The minimum atomic E-state index is -4.00. The molecule has 4 aromatic rings. The molecule has 0 saturated heterocycles. The molecule has 0 unspecified atom stereocenters. The number of carbonyl (C=O) groups is 1. The van der Waals surface area contributed by atoms with Crippen LogP contribution in [0.4, 0.5) is 5.69 Å². The van der Waals surface area contributed by atoms with Crippen molar-refractivity contribution in [2.24, 2.45) is 5.10 Å². The standard InChI is InChI=1S/C30H27N3O5S/c1-22(24-16-17-28-29(20-24)38-19-18-37-28)31-32-30(34)26-14-8-9-15-27(26)33(21-23-10-4-2-5-11-23)39(35,36)25-12-6-3-7-13-25/h2-17,20H,18-19,21H2,1H3,(H,32,34)/b31-22-. The fraction of sp³-hybridized carbons (Fsp3) is 0.133. The monoisotopic (exact) mass is 541 g/mol. The van der Waals surface area contributed by atoms with Crippen LogP contribution in [0.5, 0.6) is 11.5 Å². The first-order valence-electron chi connectivity index (χ1n) is 12.4. The number of para-hydroxylation sites is 1. The topological polar surface area (TPSA) is 97.3 Å². The Kier molecular flexibility index (Phi) is 7.60. The molecule has 0 radical (unpaired) electrons. The number of amides is 1. The lowest BCUT2D eigenvalue weighted by atomic mass is 10.1. The molecule has 1 heterocycles. The van der Waals surface area contributed by atoms with Gasteiger partial charge in [0.05, 0.1) is 28.4 Å². The average molecular weight is 542 g/mol. The number of benzene rings is 4. The van der Waals surface area contributed by atoms with E-state index < -0.39 is 15.9 Å². The van der Waals surface area contributed by atoms with Gasteiger partial charge in [-0.1, -0.05) is 60.7 Å². The highest BCUT2D eigenvalue weighted by atomic mass is 32.2. The normalized spacial score (nSPS) is 13.0. The molecule has 0 fully saturated rings.